The summed E-state index contributed by atoms with van der Waals surface area (Å²) in [6, 6.07) is 6.39. The topological polar surface area (TPSA) is 91.4 Å². The smallest absolute Gasteiger partial charge is 0.410 e. The second-order valence-electron chi connectivity index (χ2n) is 10.0. The maximum absolute atomic E-state index is 15.6. The fraction of sp³-hybridized carbons (Fsp3) is 0.500. The van der Waals surface area contributed by atoms with E-state index in [-0.39, 0.29) is 11.6 Å². The summed E-state index contributed by atoms with van der Waals surface area (Å²) in [5.41, 5.74) is -0.0880. The summed E-state index contributed by atoms with van der Waals surface area (Å²) in [5, 5.41) is 9.33. The van der Waals surface area contributed by atoms with Crippen molar-refractivity contribution in [1.29, 1.82) is 0 Å². The first kappa shape index (κ1) is 22.8. The average molecular weight is 486 g/mol. The van der Waals surface area contributed by atoms with Crippen molar-refractivity contribution in [2.45, 2.75) is 69.9 Å². The lowest BCUT2D eigenvalue weighted by Crippen LogP contribution is -2.59. The first-order chi connectivity index (χ1) is 16.1. The number of nitrogens with zero attached hydrogens (tertiary/aromatic N) is 4. The Balaban J connectivity index is 1.33. The van der Waals surface area contributed by atoms with E-state index >= 15 is 4.39 Å². The lowest BCUT2D eigenvalue weighted by atomic mass is 9.94. The van der Waals surface area contributed by atoms with Crippen molar-refractivity contribution in [3.63, 3.8) is 0 Å². The third-order valence-electron chi connectivity index (χ3n) is 6.62. The van der Waals surface area contributed by atoms with Gasteiger partial charge in [0, 0.05) is 24.0 Å². The third kappa shape index (κ3) is 4.04. The zero-order valence-corrected chi connectivity index (χ0v) is 20.4. The largest absolute Gasteiger partial charge is 0.444 e. The van der Waals surface area contributed by atoms with Crippen molar-refractivity contribution < 1.29 is 13.9 Å². The number of halogens is 1. The Labute approximate surface area is 200 Å². The first-order valence-electron chi connectivity index (χ1n) is 11.5. The van der Waals surface area contributed by atoms with Gasteiger partial charge in [0.15, 0.2) is 5.82 Å². The Bertz CT molecular complexity index is 1270. The van der Waals surface area contributed by atoms with Crippen molar-refractivity contribution in [2.75, 3.05) is 11.9 Å². The van der Waals surface area contributed by atoms with Gasteiger partial charge < -0.3 is 14.6 Å². The van der Waals surface area contributed by atoms with Gasteiger partial charge in [-0.05, 0) is 64.3 Å². The molecule has 180 valence electrons. The molecule has 1 N–H and O–H groups in total. The summed E-state index contributed by atoms with van der Waals surface area (Å²) in [7, 11) is 1.82. The predicted molar refractivity (Wildman–Crippen MR) is 130 cm³/mol. The Morgan fingerprint density at radius 2 is 2.06 bits per heavy atom. The molecular weight excluding hydrogens is 457 g/mol. The number of thiophene rings is 1. The maximum atomic E-state index is 15.6. The summed E-state index contributed by atoms with van der Waals surface area (Å²) in [6.45, 7) is 5.46. The highest BCUT2D eigenvalue weighted by Gasteiger charge is 2.52. The molecular formula is C24H28FN5O3S. The minimum absolute atomic E-state index is 0.0526. The standard InChI is InChI=1S/C24H28FN5O3S/c1-24(2,3)33-23(32)30-13-5-7-16(30)21(25)17(11-13)29(4)20-8-6-15(27-28-20)19-12-14-18(34-19)9-10-26-22(14)31/h6,8-10,12-13,16-17,21H,5,7,11H2,1-4H3,(H,26,31)/t13-,16+,17-,21+/m0/s1. The van der Waals surface area contributed by atoms with Crippen LogP contribution in [0.25, 0.3) is 20.7 Å². The van der Waals surface area contributed by atoms with Crippen LogP contribution in [-0.2, 0) is 4.74 Å². The fourth-order valence-corrected chi connectivity index (χ4v) is 6.04. The fourth-order valence-electron chi connectivity index (χ4n) is 5.01. The molecule has 2 bridgehead atoms. The van der Waals surface area contributed by atoms with E-state index < -0.39 is 29.9 Å². The minimum Gasteiger partial charge on any atom is -0.444 e. The number of aromatic nitrogens is 3. The molecule has 10 heteroatoms. The number of rotatable bonds is 3. The van der Waals surface area contributed by atoms with Crippen LogP contribution < -0.4 is 10.5 Å². The highest BCUT2D eigenvalue weighted by Crippen LogP contribution is 2.41. The number of pyridine rings is 1. The SMILES string of the molecule is CN(c1ccc(-c2cc3c(=O)[nH]ccc3s2)nn1)[C@H]1C[C@@H]2CC[C@H]([C@H]1F)N2C(=O)OC(C)(C)C. The van der Waals surface area contributed by atoms with Gasteiger partial charge in [-0.3, -0.25) is 9.69 Å². The van der Waals surface area contributed by atoms with Crippen molar-refractivity contribution in [3.8, 4) is 10.6 Å². The number of carbonyl (C=O) groups is 1. The molecule has 0 aliphatic carbocycles. The number of amides is 1. The van der Waals surface area contributed by atoms with Gasteiger partial charge in [0.05, 0.1) is 22.3 Å². The van der Waals surface area contributed by atoms with Gasteiger partial charge in [-0.25, -0.2) is 9.18 Å². The van der Waals surface area contributed by atoms with Crippen molar-refractivity contribution in [3.05, 3.63) is 40.8 Å². The van der Waals surface area contributed by atoms with E-state index in [2.05, 4.69) is 15.2 Å². The molecule has 8 nitrogen and oxygen atoms in total. The number of anilines is 1. The zero-order valence-electron chi connectivity index (χ0n) is 19.6. The van der Waals surface area contributed by atoms with Crippen molar-refractivity contribution in [2.24, 2.45) is 0 Å². The van der Waals surface area contributed by atoms with Gasteiger partial charge in [-0.1, -0.05) is 0 Å². The minimum atomic E-state index is -1.22. The Morgan fingerprint density at radius 3 is 2.74 bits per heavy atom. The van der Waals surface area contributed by atoms with Crippen LogP contribution in [0.1, 0.15) is 40.0 Å². The Morgan fingerprint density at radius 1 is 1.26 bits per heavy atom. The molecule has 1 amide bonds. The highest BCUT2D eigenvalue weighted by molar-refractivity contribution is 7.22. The van der Waals surface area contributed by atoms with Gasteiger partial charge in [-0.15, -0.1) is 21.5 Å². The van der Waals surface area contributed by atoms with E-state index in [4.69, 9.17) is 4.74 Å². The quantitative estimate of drug-likeness (QED) is 0.593. The number of aromatic amines is 1. The lowest BCUT2D eigenvalue weighted by molar-refractivity contribution is -0.0104. The van der Waals surface area contributed by atoms with Crippen molar-refractivity contribution >= 4 is 33.3 Å². The van der Waals surface area contributed by atoms with Crippen LogP contribution in [0, 0.1) is 0 Å². The molecule has 0 spiro atoms. The maximum Gasteiger partial charge on any atom is 0.410 e. The second-order valence-corrected chi connectivity index (χ2v) is 11.1. The Kier molecular flexibility index (Phi) is 5.58. The molecule has 2 fully saturated rings. The van der Waals surface area contributed by atoms with Gasteiger partial charge in [-0.2, -0.15) is 0 Å². The summed E-state index contributed by atoms with van der Waals surface area (Å²) in [4.78, 5) is 31.7. The Hall–Kier alpha value is -3.01. The summed E-state index contributed by atoms with van der Waals surface area (Å²) < 4.78 is 22.1. The molecule has 0 radical (unpaired) electrons. The number of hydrogen-bond donors (Lipinski definition) is 1. The van der Waals surface area contributed by atoms with E-state index in [1.54, 1.807) is 11.1 Å². The summed E-state index contributed by atoms with van der Waals surface area (Å²) in [6.07, 6.45) is 1.89. The summed E-state index contributed by atoms with van der Waals surface area (Å²) in [5.74, 6) is 0.570. The molecule has 3 aromatic rings. The molecule has 0 aromatic carbocycles. The van der Waals surface area contributed by atoms with Gasteiger partial charge >= 0.3 is 6.09 Å². The number of hydrogen-bond acceptors (Lipinski definition) is 7. The molecule has 0 saturated carbocycles. The lowest BCUT2D eigenvalue weighted by Gasteiger charge is -2.44. The predicted octanol–water partition coefficient (Wildman–Crippen LogP) is 4.36. The van der Waals surface area contributed by atoms with Crippen molar-refractivity contribution in [1.82, 2.24) is 20.1 Å². The monoisotopic (exact) mass is 485 g/mol. The number of piperidine rings is 1. The van der Waals surface area contributed by atoms with E-state index in [1.807, 2.05) is 57.0 Å². The second kappa shape index (κ2) is 8.33. The molecule has 4 atom stereocenters. The number of ether oxygens (including phenoxy) is 1. The number of H-pyrrole nitrogens is 1. The first-order valence-corrected chi connectivity index (χ1v) is 12.3. The number of fused-ring (bicyclic) bond motifs is 3. The van der Waals surface area contributed by atoms with Crippen LogP contribution in [0.5, 0.6) is 0 Å². The van der Waals surface area contributed by atoms with Crippen LogP contribution in [0.4, 0.5) is 15.0 Å². The molecule has 0 unspecified atom stereocenters. The molecule has 34 heavy (non-hydrogen) atoms. The normalized spacial score (nSPS) is 24.4. The molecule has 2 aliphatic rings. The van der Waals surface area contributed by atoms with E-state index in [0.29, 0.717) is 29.7 Å². The van der Waals surface area contributed by atoms with Crippen LogP contribution in [0.3, 0.4) is 0 Å². The summed E-state index contributed by atoms with van der Waals surface area (Å²) >= 11 is 1.48. The number of carbonyl (C=O) groups excluding carboxylic acids is 1. The van der Waals surface area contributed by atoms with Gasteiger partial charge in [0.25, 0.3) is 5.56 Å². The van der Waals surface area contributed by atoms with Crippen LogP contribution in [0.2, 0.25) is 0 Å². The van der Waals surface area contributed by atoms with Crippen LogP contribution >= 0.6 is 11.3 Å². The zero-order chi connectivity index (χ0) is 24.2. The average Bonchev–Trinajstić information content (AvgIpc) is 3.37. The number of alkyl halides is 1. The van der Waals surface area contributed by atoms with Gasteiger partial charge in [0.2, 0.25) is 0 Å². The van der Waals surface area contributed by atoms with Crippen LogP contribution in [-0.4, -0.2) is 63.1 Å². The number of nitrogens with one attached hydrogen (secondary N) is 1. The van der Waals surface area contributed by atoms with Gasteiger partial charge in [0.1, 0.15) is 17.5 Å². The third-order valence-corrected chi connectivity index (χ3v) is 7.74. The molecule has 5 rings (SSSR count). The van der Waals surface area contributed by atoms with E-state index in [0.717, 1.165) is 16.0 Å². The molecule has 2 aliphatic heterocycles. The van der Waals surface area contributed by atoms with E-state index in [1.165, 1.54) is 11.3 Å². The van der Waals surface area contributed by atoms with E-state index in [9.17, 15) is 9.59 Å². The van der Waals surface area contributed by atoms with Crippen LogP contribution in [0.15, 0.2) is 35.3 Å². The molecule has 2 saturated heterocycles. The molecule has 5 heterocycles. The highest BCUT2D eigenvalue weighted by atomic mass is 32.1. The molecule has 3 aromatic heterocycles.